The summed E-state index contributed by atoms with van der Waals surface area (Å²) in [6.45, 7) is 2.35. The van der Waals surface area contributed by atoms with E-state index in [2.05, 4.69) is 11.9 Å². The van der Waals surface area contributed by atoms with Crippen molar-refractivity contribution in [2.75, 3.05) is 0 Å². The lowest BCUT2D eigenvalue weighted by atomic mass is 10.0. The van der Waals surface area contributed by atoms with Crippen LogP contribution in [0.3, 0.4) is 0 Å². The molecule has 0 saturated carbocycles. The molecule has 3 nitrogen and oxygen atoms in total. The van der Waals surface area contributed by atoms with Crippen molar-refractivity contribution < 1.29 is 0 Å². The van der Waals surface area contributed by atoms with E-state index in [1.165, 1.54) is 0 Å². The third kappa shape index (κ3) is 2.29. The Balaban J connectivity index is 2.62. The lowest BCUT2D eigenvalue weighted by molar-refractivity contribution is 0.988. The Morgan fingerprint density at radius 1 is 1.18 bits per heavy atom. The van der Waals surface area contributed by atoms with Crippen molar-refractivity contribution in [3.8, 4) is 11.3 Å². The summed E-state index contributed by atoms with van der Waals surface area (Å²) in [6, 6.07) is 11.8. The molecule has 1 aromatic carbocycles. The minimum atomic E-state index is -0.0939. The third-order valence-electron chi connectivity index (χ3n) is 2.86. The van der Waals surface area contributed by atoms with Crippen LogP contribution in [0.15, 0.2) is 41.2 Å². The molecule has 0 unspecified atom stereocenters. The highest BCUT2D eigenvalue weighted by molar-refractivity contribution is 5.63. The first kappa shape index (κ1) is 11.6. The first-order valence-electron chi connectivity index (χ1n) is 5.76. The summed E-state index contributed by atoms with van der Waals surface area (Å²) in [5, 5.41) is 0. The number of aromatic nitrogens is 1. The molecule has 1 aromatic heterocycles. The molecule has 0 aliphatic heterocycles. The van der Waals surface area contributed by atoms with E-state index in [9.17, 15) is 4.79 Å². The quantitative estimate of drug-likeness (QED) is 0.844. The molecule has 0 radical (unpaired) electrons. The number of benzene rings is 1. The first-order valence-corrected chi connectivity index (χ1v) is 5.76. The molecular formula is C14H16N2O. The lowest BCUT2D eigenvalue weighted by Gasteiger charge is -2.09. The molecule has 3 N–H and O–H groups in total. The van der Waals surface area contributed by atoms with Crippen LogP contribution in [0.25, 0.3) is 11.3 Å². The number of nitrogens with two attached hydrogens (primary N) is 1. The highest BCUT2D eigenvalue weighted by Crippen LogP contribution is 2.20. The monoisotopic (exact) mass is 228 g/mol. The zero-order chi connectivity index (χ0) is 12.3. The van der Waals surface area contributed by atoms with Crippen LogP contribution in [0.5, 0.6) is 0 Å². The smallest absolute Gasteiger partial charge is 0.252 e. The van der Waals surface area contributed by atoms with Crippen LogP contribution in [0.2, 0.25) is 0 Å². The van der Waals surface area contributed by atoms with Gasteiger partial charge in [-0.3, -0.25) is 4.79 Å². The maximum Gasteiger partial charge on any atom is 0.252 e. The lowest BCUT2D eigenvalue weighted by Crippen LogP contribution is -2.17. The van der Waals surface area contributed by atoms with Crippen molar-refractivity contribution in [2.24, 2.45) is 5.73 Å². The van der Waals surface area contributed by atoms with E-state index in [0.717, 1.165) is 23.2 Å². The minimum Gasteiger partial charge on any atom is -0.326 e. The van der Waals surface area contributed by atoms with Gasteiger partial charge < -0.3 is 10.7 Å². The van der Waals surface area contributed by atoms with Crippen molar-refractivity contribution in [3.05, 3.63) is 57.9 Å². The summed E-state index contributed by atoms with van der Waals surface area (Å²) >= 11 is 0. The average molecular weight is 228 g/mol. The zero-order valence-electron chi connectivity index (χ0n) is 9.86. The normalized spacial score (nSPS) is 10.5. The van der Waals surface area contributed by atoms with Gasteiger partial charge in [0.2, 0.25) is 0 Å². The van der Waals surface area contributed by atoms with Crippen molar-refractivity contribution in [2.45, 2.75) is 19.9 Å². The summed E-state index contributed by atoms with van der Waals surface area (Å²) in [7, 11) is 0. The van der Waals surface area contributed by atoms with Gasteiger partial charge in [-0.1, -0.05) is 37.3 Å². The number of H-pyrrole nitrogens is 1. The van der Waals surface area contributed by atoms with Crippen LogP contribution in [0.4, 0.5) is 0 Å². The maximum atomic E-state index is 11.8. The molecule has 0 bridgehead atoms. The third-order valence-corrected chi connectivity index (χ3v) is 2.86. The van der Waals surface area contributed by atoms with E-state index in [-0.39, 0.29) is 12.1 Å². The van der Waals surface area contributed by atoms with E-state index in [4.69, 9.17) is 5.73 Å². The van der Waals surface area contributed by atoms with Gasteiger partial charge in [-0.2, -0.15) is 0 Å². The van der Waals surface area contributed by atoms with Crippen LogP contribution in [0, 0.1) is 0 Å². The molecule has 3 heteroatoms. The molecule has 0 aliphatic rings. The largest absolute Gasteiger partial charge is 0.326 e. The number of aryl methyl sites for hydroxylation is 1. The van der Waals surface area contributed by atoms with Gasteiger partial charge in [0.25, 0.3) is 5.56 Å². The molecule has 2 aromatic rings. The van der Waals surface area contributed by atoms with Crippen molar-refractivity contribution in [1.29, 1.82) is 0 Å². The van der Waals surface area contributed by atoms with Crippen LogP contribution in [-0.2, 0) is 13.0 Å². The summed E-state index contributed by atoms with van der Waals surface area (Å²) in [4.78, 5) is 14.7. The fourth-order valence-electron chi connectivity index (χ4n) is 1.91. The van der Waals surface area contributed by atoms with E-state index in [1.54, 1.807) is 0 Å². The van der Waals surface area contributed by atoms with Gasteiger partial charge in [-0.25, -0.2) is 0 Å². The van der Waals surface area contributed by atoms with Gasteiger partial charge in [0.1, 0.15) is 0 Å². The Hall–Kier alpha value is -1.87. The number of rotatable bonds is 3. The SMILES string of the molecule is CCc1cc(CN)c(=O)[nH]c1-c1ccccc1. The Labute approximate surface area is 100 Å². The number of aromatic amines is 1. The molecule has 17 heavy (non-hydrogen) atoms. The molecule has 0 fully saturated rings. The van der Waals surface area contributed by atoms with E-state index >= 15 is 0 Å². The molecule has 0 spiro atoms. The zero-order valence-corrected chi connectivity index (χ0v) is 9.86. The predicted octanol–water partition coefficient (Wildman–Crippen LogP) is 2.06. The summed E-state index contributed by atoms with van der Waals surface area (Å²) < 4.78 is 0. The fourth-order valence-corrected chi connectivity index (χ4v) is 1.91. The topological polar surface area (TPSA) is 58.9 Å². The second kappa shape index (κ2) is 4.97. The Morgan fingerprint density at radius 2 is 1.88 bits per heavy atom. The molecule has 1 heterocycles. The van der Waals surface area contributed by atoms with E-state index in [0.29, 0.717) is 5.56 Å². The molecule has 0 aliphatic carbocycles. The molecule has 88 valence electrons. The number of hydrogen-bond donors (Lipinski definition) is 2. The molecule has 2 rings (SSSR count). The molecule has 0 amide bonds. The van der Waals surface area contributed by atoms with Gasteiger partial charge in [0, 0.05) is 12.1 Å². The van der Waals surface area contributed by atoms with Crippen molar-refractivity contribution >= 4 is 0 Å². The number of hydrogen-bond acceptors (Lipinski definition) is 2. The molecular weight excluding hydrogens is 212 g/mol. The van der Waals surface area contributed by atoms with Crippen LogP contribution in [-0.4, -0.2) is 4.98 Å². The maximum absolute atomic E-state index is 11.8. The standard InChI is InChI=1S/C14H16N2O/c1-2-10-8-12(9-15)14(17)16-13(10)11-6-4-3-5-7-11/h3-8H,2,9,15H2,1H3,(H,16,17). The Morgan fingerprint density at radius 3 is 2.47 bits per heavy atom. The van der Waals surface area contributed by atoms with Crippen LogP contribution in [0.1, 0.15) is 18.1 Å². The summed E-state index contributed by atoms with van der Waals surface area (Å²) in [5.74, 6) is 0. The van der Waals surface area contributed by atoms with Gasteiger partial charge >= 0.3 is 0 Å². The summed E-state index contributed by atoms with van der Waals surface area (Å²) in [6.07, 6.45) is 0.869. The Bertz CT molecular complexity index is 558. The highest BCUT2D eigenvalue weighted by atomic mass is 16.1. The first-order chi connectivity index (χ1) is 8.26. The van der Waals surface area contributed by atoms with Crippen LogP contribution >= 0.6 is 0 Å². The second-order valence-corrected chi connectivity index (χ2v) is 3.95. The van der Waals surface area contributed by atoms with E-state index in [1.807, 2.05) is 36.4 Å². The van der Waals surface area contributed by atoms with Crippen molar-refractivity contribution in [1.82, 2.24) is 4.98 Å². The van der Waals surface area contributed by atoms with Gasteiger partial charge in [0.15, 0.2) is 0 Å². The summed E-state index contributed by atoms with van der Waals surface area (Å²) in [5.41, 5.74) is 9.14. The molecule has 0 saturated heterocycles. The van der Waals surface area contributed by atoms with Gasteiger partial charge in [-0.05, 0) is 23.6 Å². The minimum absolute atomic E-state index is 0.0939. The average Bonchev–Trinajstić information content (AvgIpc) is 2.39. The van der Waals surface area contributed by atoms with Crippen molar-refractivity contribution in [3.63, 3.8) is 0 Å². The molecule has 0 atom stereocenters. The second-order valence-electron chi connectivity index (χ2n) is 3.95. The van der Waals surface area contributed by atoms with Crippen LogP contribution < -0.4 is 11.3 Å². The highest BCUT2D eigenvalue weighted by Gasteiger charge is 2.07. The predicted molar refractivity (Wildman–Crippen MR) is 69.8 cm³/mol. The number of nitrogens with one attached hydrogen (secondary N) is 1. The Kier molecular flexibility index (Phi) is 3.40. The number of pyridine rings is 1. The van der Waals surface area contributed by atoms with Gasteiger partial charge in [-0.15, -0.1) is 0 Å². The fraction of sp³-hybridized carbons (Fsp3) is 0.214. The van der Waals surface area contributed by atoms with Gasteiger partial charge in [0.05, 0.1) is 5.69 Å². The van der Waals surface area contributed by atoms with E-state index < -0.39 is 0 Å².